The summed E-state index contributed by atoms with van der Waals surface area (Å²) in [5.41, 5.74) is -0.761. The van der Waals surface area contributed by atoms with E-state index in [0.717, 1.165) is 24.3 Å². The third-order valence-electron chi connectivity index (χ3n) is 3.94. The summed E-state index contributed by atoms with van der Waals surface area (Å²) in [4.78, 5) is 32.9. The van der Waals surface area contributed by atoms with E-state index < -0.39 is 27.1 Å². The lowest BCUT2D eigenvalue weighted by atomic mass is 10.1. The Morgan fingerprint density at radius 2 is 1.77 bits per heavy atom. The van der Waals surface area contributed by atoms with Crippen molar-refractivity contribution in [2.24, 2.45) is 0 Å². The number of hydrogen-bond acceptors (Lipinski definition) is 7. The van der Waals surface area contributed by atoms with E-state index in [1.807, 2.05) is 0 Å². The summed E-state index contributed by atoms with van der Waals surface area (Å²) in [6, 6.07) is 11.4. The number of rotatable bonds is 8. The molecule has 0 radical (unpaired) electrons. The molecule has 0 saturated heterocycles. The van der Waals surface area contributed by atoms with Gasteiger partial charge in [-0.15, -0.1) is 0 Å². The fourth-order valence-corrected chi connectivity index (χ4v) is 2.55. The maximum absolute atomic E-state index is 13.3. The number of para-hydroxylation sites is 1. The SMILES string of the molecule is O=C(/C=C/c1ccc(COc2cc(F)ccc2[N+](=O)[O-])o1)c1ccccc1[N+](=O)[O-]. The Balaban J connectivity index is 1.69. The van der Waals surface area contributed by atoms with Crippen molar-refractivity contribution >= 4 is 23.2 Å². The van der Waals surface area contributed by atoms with E-state index in [2.05, 4.69) is 0 Å². The molecule has 0 aliphatic rings. The minimum atomic E-state index is -0.695. The van der Waals surface area contributed by atoms with E-state index in [0.29, 0.717) is 0 Å². The van der Waals surface area contributed by atoms with Crippen molar-refractivity contribution in [3.8, 4) is 5.75 Å². The number of furan rings is 1. The number of halogens is 1. The molecule has 1 heterocycles. The van der Waals surface area contributed by atoms with Gasteiger partial charge in [-0.05, 0) is 36.4 Å². The molecule has 0 N–H and O–H groups in total. The summed E-state index contributed by atoms with van der Waals surface area (Å²) < 4.78 is 24.0. The van der Waals surface area contributed by atoms with Crippen LogP contribution in [0.1, 0.15) is 21.9 Å². The number of allylic oxidation sites excluding steroid dienone is 1. The van der Waals surface area contributed by atoms with Gasteiger partial charge in [0.25, 0.3) is 5.69 Å². The summed E-state index contributed by atoms with van der Waals surface area (Å²) in [7, 11) is 0. The summed E-state index contributed by atoms with van der Waals surface area (Å²) in [5, 5.41) is 22.0. The molecule has 3 rings (SSSR count). The van der Waals surface area contributed by atoms with Crippen molar-refractivity contribution in [3.63, 3.8) is 0 Å². The fourth-order valence-electron chi connectivity index (χ4n) is 2.55. The minimum absolute atomic E-state index is 0.0627. The highest BCUT2D eigenvalue weighted by Gasteiger charge is 2.18. The Kier molecular flexibility index (Phi) is 5.97. The van der Waals surface area contributed by atoms with Crippen LogP contribution in [0.3, 0.4) is 0 Å². The van der Waals surface area contributed by atoms with Gasteiger partial charge >= 0.3 is 5.69 Å². The topological polar surface area (TPSA) is 126 Å². The van der Waals surface area contributed by atoms with Crippen LogP contribution in [0.4, 0.5) is 15.8 Å². The van der Waals surface area contributed by atoms with Crippen LogP contribution in [0, 0.1) is 26.0 Å². The molecular weight excluding hydrogens is 399 g/mol. The highest BCUT2D eigenvalue weighted by Crippen LogP contribution is 2.28. The molecule has 1 aromatic heterocycles. The zero-order valence-corrected chi connectivity index (χ0v) is 15.2. The Hall–Kier alpha value is -4.34. The highest BCUT2D eigenvalue weighted by molar-refractivity contribution is 6.09. The van der Waals surface area contributed by atoms with Crippen molar-refractivity contribution in [2.45, 2.75) is 6.61 Å². The second-order valence-corrected chi connectivity index (χ2v) is 5.93. The van der Waals surface area contributed by atoms with Crippen LogP contribution >= 0.6 is 0 Å². The van der Waals surface area contributed by atoms with Crippen LogP contribution in [-0.4, -0.2) is 15.6 Å². The number of benzene rings is 2. The molecule has 0 aliphatic heterocycles. The van der Waals surface area contributed by atoms with Crippen molar-refractivity contribution in [2.75, 3.05) is 0 Å². The van der Waals surface area contributed by atoms with E-state index in [1.54, 1.807) is 0 Å². The summed E-state index contributed by atoms with van der Waals surface area (Å²) in [6.45, 7) is -0.212. The second kappa shape index (κ2) is 8.78. The molecule has 3 aromatic rings. The Bertz CT molecular complexity index is 1150. The molecule has 0 fully saturated rings. The molecule has 0 aliphatic carbocycles. The Morgan fingerprint density at radius 3 is 2.50 bits per heavy atom. The zero-order valence-electron chi connectivity index (χ0n) is 15.2. The minimum Gasteiger partial charge on any atom is -0.479 e. The molecule has 0 bridgehead atoms. The molecule has 0 unspecified atom stereocenters. The first-order chi connectivity index (χ1) is 14.3. The van der Waals surface area contributed by atoms with Crippen LogP contribution < -0.4 is 4.74 Å². The van der Waals surface area contributed by atoms with E-state index in [9.17, 15) is 29.4 Å². The van der Waals surface area contributed by atoms with Gasteiger partial charge < -0.3 is 9.15 Å². The summed E-state index contributed by atoms with van der Waals surface area (Å²) in [5.74, 6) is -0.986. The quantitative estimate of drug-likeness (QED) is 0.227. The van der Waals surface area contributed by atoms with Gasteiger partial charge in [-0.3, -0.25) is 25.0 Å². The van der Waals surface area contributed by atoms with Crippen molar-refractivity contribution in [1.82, 2.24) is 0 Å². The average Bonchev–Trinajstić information content (AvgIpc) is 3.18. The van der Waals surface area contributed by atoms with Gasteiger partial charge in [-0.2, -0.15) is 0 Å². The monoisotopic (exact) mass is 412 g/mol. The normalized spacial score (nSPS) is 10.8. The van der Waals surface area contributed by atoms with Crippen LogP contribution in [0.2, 0.25) is 0 Å². The lowest BCUT2D eigenvalue weighted by Crippen LogP contribution is -2.00. The summed E-state index contributed by atoms with van der Waals surface area (Å²) in [6.07, 6.45) is 2.45. The number of hydrogen-bond donors (Lipinski definition) is 0. The lowest BCUT2D eigenvalue weighted by molar-refractivity contribution is -0.386. The maximum atomic E-state index is 13.3. The highest BCUT2D eigenvalue weighted by atomic mass is 19.1. The van der Waals surface area contributed by atoms with Crippen LogP contribution in [-0.2, 0) is 6.61 Å². The van der Waals surface area contributed by atoms with Gasteiger partial charge in [0.15, 0.2) is 11.5 Å². The van der Waals surface area contributed by atoms with E-state index >= 15 is 0 Å². The first-order valence-corrected chi connectivity index (χ1v) is 8.46. The molecule has 10 heteroatoms. The number of ether oxygens (including phenoxy) is 1. The van der Waals surface area contributed by atoms with Gasteiger partial charge in [0, 0.05) is 18.2 Å². The van der Waals surface area contributed by atoms with Gasteiger partial charge in [-0.1, -0.05) is 12.1 Å². The van der Waals surface area contributed by atoms with Gasteiger partial charge in [0.05, 0.1) is 15.4 Å². The van der Waals surface area contributed by atoms with Crippen LogP contribution in [0.5, 0.6) is 5.75 Å². The predicted molar refractivity (Wildman–Crippen MR) is 103 cm³/mol. The molecular formula is C20H13FN2O7. The Labute approximate surface area is 168 Å². The third kappa shape index (κ3) is 4.73. The number of nitro groups is 2. The maximum Gasteiger partial charge on any atom is 0.311 e. The zero-order chi connectivity index (χ0) is 21.7. The summed E-state index contributed by atoms with van der Waals surface area (Å²) >= 11 is 0. The van der Waals surface area contributed by atoms with Crippen LogP contribution in [0.15, 0.2) is 65.1 Å². The fraction of sp³-hybridized carbons (Fsp3) is 0.0500. The molecule has 9 nitrogen and oxygen atoms in total. The van der Waals surface area contributed by atoms with E-state index in [-0.39, 0.29) is 35.1 Å². The van der Waals surface area contributed by atoms with Crippen LogP contribution in [0.25, 0.3) is 6.08 Å². The second-order valence-electron chi connectivity index (χ2n) is 5.93. The number of nitro benzene ring substituents is 2. The van der Waals surface area contributed by atoms with Gasteiger partial charge in [0.1, 0.15) is 23.9 Å². The van der Waals surface area contributed by atoms with Crippen molar-refractivity contribution in [1.29, 1.82) is 0 Å². The molecule has 0 saturated carbocycles. The number of carbonyl (C=O) groups excluding carboxylic acids is 1. The largest absolute Gasteiger partial charge is 0.479 e. The van der Waals surface area contributed by atoms with Crippen molar-refractivity contribution in [3.05, 3.63) is 104 Å². The van der Waals surface area contributed by atoms with E-state index in [1.165, 1.54) is 42.5 Å². The molecule has 2 aromatic carbocycles. The van der Waals surface area contributed by atoms with E-state index in [4.69, 9.17) is 9.15 Å². The smallest absolute Gasteiger partial charge is 0.311 e. The number of nitrogens with zero attached hydrogens (tertiary/aromatic N) is 2. The van der Waals surface area contributed by atoms with Crippen molar-refractivity contribution < 1.29 is 28.2 Å². The standard InChI is InChI=1S/C20H13FN2O7/c21-13-5-9-18(23(27)28)20(11-13)29-12-15-7-6-14(30-15)8-10-19(24)16-3-1-2-4-17(16)22(25)26/h1-11H,12H2/b10-8+. The predicted octanol–water partition coefficient (Wildman–Crippen LogP) is 4.71. The Morgan fingerprint density at radius 1 is 1.03 bits per heavy atom. The average molecular weight is 412 g/mol. The lowest BCUT2D eigenvalue weighted by Gasteiger charge is -2.05. The molecule has 30 heavy (non-hydrogen) atoms. The number of ketones is 1. The molecule has 0 spiro atoms. The molecule has 0 amide bonds. The molecule has 152 valence electrons. The van der Waals surface area contributed by atoms with Gasteiger partial charge in [-0.25, -0.2) is 4.39 Å². The first-order valence-electron chi connectivity index (χ1n) is 8.46. The van der Waals surface area contributed by atoms with Gasteiger partial charge in [0.2, 0.25) is 0 Å². The third-order valence-corrected chi connectivity index (χ3v) is 3.94. The number of carbonyl (C=O) groups is 1. The molecule has 0 atom stereocenters. The first kappa shape index (κ1) is 20.4.